The Kier molecular flexibility index (Phi) is 4.27. The van der Waals surface area contributed by atoms with Gasteiger partial charge >= 0.3 is 0 Å². The molecule has 4 rings (SSSR count). The summed E-state index contributed by atoms with van der Waals surface area (Å²) in [6.45, 7) is 1.50. The number of H-pyrrole nitrogens is 1. The third-order valence-corrected chi connectivity index (χ3v) is 4.46. The number of carbonyl (C=O) groups is 1. The number of hydrogen-bond donors (Lipinski definition) is 2. The lowest BCUT2D eigenvalue weighted by atomic mass is 10.0. The van der Waals surface area contributed by atoms with E-state index in [1.165, 1.54) is 6.20 Å². The van der Waals surface area contributed by atoms with Gasteiger partial charge in [0.25, 0.3) is 5.91 Å². The Balaban J connectivity index is 1.48. The third-order valence-electron chi connectivity index (χ3n) is 4.46. The highest BCUT2D eigenvalue weighted by atomic mass is 16.5. The van der Waals surface area contributed by atoms with Crippen molar-refractivity contribution in [1.29, 1.82) is 0 Å². The van der Waals surface area contributed by atoms with Crippen LogP contribution in [0, 0.1) is 0 Å². The van der Waals surface area contributed by atoms with E-state index in [-0.39, 0.29) is 5.91 Å². The fourth-order valence-corrected chi connectivity index (χ4v) is 3.03. The minimum Gasteiger partial charge on any atom is -0.487 e. The quantitative estimate of drug-likeness (QED) is 0.752. The molecule has 0 saturated carbocycles. The molecule has 1 amide bonds. The number of nitrogen functional groups attached to an aromatic ring is 1. The number of hydrogen-bond acceptors (Lipinski definition) is 5. The predicted molar refractivity (Wildman–Crippen MR) is 96.5 cm³/mol. The number of nitrogens with zero attached hydrogens (tertiary/aromatic N) is 3. The highest BCUT2D eigenvalue weighted by Crippen LogP contribution is 2.23. The molecule has 132 valence electrons. The number of fused-ring (bicyclic) bond motifs is 1. The smallest absolute Gasteiger partial charge is 0.255 e. The van der Waals surface area contributed by atoms with Crippen LogP contribution in [0.1, 0.15) is 27.3 Å². The third kappa shape index (κ3) is 3.23. The Hall–Kier alpha value is -3.35. The van der Waals surface area contributed by atoms with Crippen molar-refractivity contribution in [2.75, 3.05) is 12.3 Å². The number of benzene rings is 1. The molecule has 1 aromatic carbocycles. The normalized spacial score (nSPS) is 13.3. The van der Waals surface area contributed by atoms with Crippen LogP contribution in [-0.4, -0.2) is 32.5 Å². The molecule has 7 heteroatoms. The van der Waals surface area contributed by atoms with E-state index in [0.717, 1.165) is 29.1 Å². The van der Waals surface area contributed by atoms with Crippen molar-refractivity contribution >= 4 is 11.7 Å². The van der Waals surface area contributed by atoms with Crippen LogP contribution in [0.2, 0.25) is 0 Å². The van der Waals surface area contributed by atoms with Crippen LogP contribution >= 0.6 is 0 Å². The first-order valence-electron chi connectivity index (χ1n) is 8.44. The maximum Gasteiger partial charge on any atom is 0.255 e. The number of aromatic nitrogens is 3. The highest BCUT2D eigenvalue weighted by Gasteiger charge is 2.26. The van der Waals surface area contributed by atoms with Crippen molar-refractivity contribution in [2.24, 2.45) is 0 Å². The van der Waals surface area contributed by atoms with E-state index in [0.29, 0.717) is 31.1 Å². The van der Waals surface area contributed by atoms with Gasteiger partial charge in [-0.1, -0.05) is 18.2 Å². The molecule has 0 aliphatic carbocycles. The topological polar surface area (TPSA) is 97.1 Å². The van der Waals surface area contributed by atoms with Crippen LogP contribution in [0.3, 0.4) is 0 Å². The van der Waals surface area contributed by atoms with Gasteiger partial charge in [-0.05, 0) is 24.3 Å². The van der Waals surface area contributed by atoms with Crippen LogP contribution in [-0.2, 0) is 19.6 Å². The van der Waals surface area contributed by atoms with Crippen molar-refractivity contribution in [2.45, 2.75) is 19.6 Å². The average molecular weight is 349 g/mol. The fourth-order valence-electron chi connectivity index (χ4n) is 3.03. The number of ether oxygens (including phenoxy) is 1. The molecule has 0 saturated heterocycles. The number of pyridine rings is 1. The summed E-state index contributed by atoms with van der Waals surface area (Å²) in [6.07, 6.45) is 2.25. The molecule has 3 N–H and O–H groups in total. The number of anilines is 1. The number of carbonyl (C=O) groups excluding carboxylic acids is 1. The summed E-state index contributed by atoms with van der Waals surface area (Å²) >= 11 is 0. The van der Waals surface area contributed by atoms with Crippen molar-refractivity contribution in [1.82, 2.24) is 20.1 Å². The first-order chi connectivity index (χ1) is 12.7. The molecule has 0 bridgehead atoms. The van der Waals surface area contributed by atoms with Crippen molar-refractivity contribution in [3.63, 3.8) is 0 Å². The second-order valence-electron chi connectivity index (χ2n) is 6.18. The summed E-state index contributed by atoms with van der Waals surface area (Å²) in [4.78, 5) is 18.5. The second kappa shape index (κ2) is 6.87. The Bertz CT molecular complexity index is 905. The zero-order valence-corrected chi connectivity index (χ0v) is 14.2. The van der Waals surface area contributed by atoms with E-state index >= 15 is 0 Å². The molecule has 0 atom stereocenters. The molecule has 3 aromatic rings. The minimum absolute atomic E-state index is 0.0562. The molecule has 26 heavy (non-hydrogen) atoms. The molecule has 1 aliphatic rings. The molecular formula is C19H19N5O2. The van der Waals surface area contributed by atoms with E-state index in [4.69, 9.17) is 10.5 Å². The van der Waals surface area contributed by atoms with E-state index < -0.39 is 0 Å². The SMILES string of the molecule is Nc1ccc(C(=O)N2CCc3[nH]nc(COc4ccccc4)c3C2)cn1. The summed E-state index contributed by atoms with van der Waals surface area (Å²) in [5, 5.41) is 7.45. The van der Waals surface area contributed by atoms with Crippen molar-refractivity contribution in [3.8, 4) is 5.75 Å². The van der Waals surface area contributed by atoms with Crippen LogP contribution in [0.25, 0.3) is 0 Å². The Morgan fingerprint density at radius 2 is 2.08 bits per heavy atom. The van der Waals surface area contributed by atoms with Crippen LogP contribution in [0.4, 0.5) is 5.82 Å². The Morgan fingerprint density at radius 3 is 2.85 bits per heavy atom. The molecule has 1 aliphatic heterocycles. The number of aromatic amines is 1. The molecular weight excluding hydrogens is 330 g/mol. The first-order valence-corrected chi connectivity index (χ1v) is 8.44. The number of nitrogens with two attached hydrogens (primary N) is 1. The summed E-state index contributed by atoms with van der Waals surface area (Å²) < 4.78 is 5.80. The van der Waals surface area contributed by atoms with Crippen molar-refractivity contribution < 1.29 is 9.53 Å². The highest BCUT2D eigenvalue weighted by molar-refractivity contribution is 5.94. The number of para-hydroxylation sites is 1. The van der Waals surface area contributed by atoms with E-state index in [9.17, 15) is 4.79 Å². The average Bonchev–Trinajstić information content (AvgIpc) is 3.09. The second-order valence-corrected chi connectivity index (χ2v) is 6.18. The van der Waals surface area contributed by atoms with Crippen LogP contribution < -0.4 is 10.5 Å². The molecule has 0 fully saturated rings. The van der Waals surface area contributed by atoms with Gasteiger partial charge in [0.1, 0.15) is 23.9 Å². The van der Waals surface area contributed by atoms with E-state index in [2.05, 4.69) is 15.2 Å². The van der Waals surface area contributed by atoms with Crippen LogP contribution in [0.15, 0.2) is 48.7 Å². The molecule has 0 spiro atoms. The number of rotatable bonds is 4. The van der Waals surface area contributed by atoms with Gasteiger partial charge in [-0.15, -0.1) is 0 Å². The summed E-state index contributed by atoms with van der Waals surface area (Å²) in [6, 6.07) is 13.0. The first kappa shape index (κ1) is 16.1. The van der Waals surface area contributed by atoms with Crippen molar-refractivity contribution in [3.05, 3.63) is 71.2 Å². The largest absolute Gasteiger partial charge is 0.487 e. The Labute approximate surface area is 150 Å². The lowest BCUT2D eigenvalue weighted by Gasteiger charge is -2.27. The molecule has 3 heterocycles. The maximum atomic E-state index is 12.7. The predicted octanol–water partition coefficient (Wildman–Crippen LogP) is 2.16. The molecule has 0 radical (unpaired) electrons. The monoisotopic (exact) mass is 349 g/mol. The van der Waals surface area contributed by atoms with Gasteiger partial charge in [0.2, 0.25) is 0 Å². The molecule has 0 unspecified atom stereocenters. The van der Waals surface area contributed by atoms with Gasteiger partial charge in [0.05, 0.1) is 5.56 Å². The maximum absolute atomic E-state index is 12.7. The van der Waals surface area contributed by atoms with Gasteiger partial charge in [-0.2, -0.15) is 5.10 Å². The van der Waals surface area contributed by atoms with Gasteiger partial charge in [0, 0.05) is 37.0 Å². The standard InChI is InChI=1S/C19H19N5O2/c20-18-7-6-13(10-21-18)19(25)24-9-8-16-15(11-24)17(23-22-16)12-26-14-4-2-1-3-5-14/h1-7,10H,8-9,11-12H2,(H2,20,21)(H,22,23). The summed E-state index contributed by atoms with van der Waals surface area (Å²) in [5.74, 6) is 1.14. The Morgan fingerprint density at radius 1 is 1.23 bits per heavy atom. The lowest BCUT2D eigenvalue weighted by Crippen LogP contribution is -2.36. The summed E-state index contributed by atoms with van der Waals surface area (Å²) in [7, 11) is 0. The number of nitrogens with one attached hydrogen (secondary N) is 1. The zero-order valence-electron chi connectivity index (χ0n) is 14.2. The lowest BCUT2D eigenvalue weighted by molar-refractivity contribution is 0.0733. The van der Waals surface area contributed by atoms with Gasteiger partial charge in [-0.25, -0.2) is 4.98 Å². The van der Waals surface area contributed by atoms with Gasteiger partial charge in [0.15, 0.2) is 0 Å². The fraction of sp³-hybridized carbons (Fsp3) is 0.211. The van der Waals surface area contributed by atoms with Gasteiger partial charge < -0.3 is 15.4 Å². The molecule has 2 aromatic heterocycles. The zero-order chi connectivity index (χ0) is 17.9. The van der Waals surface area contributed by atoms with E-state index in [1.807, 2.05) is 30.3 Å². The van der Waals surface area contributed by atoms with Gasteiger partial charge in [-0.3, -0.25) is 9.89 Å². The number of amides is 1. The van der Waals surface area contributed by atoms with E-state index in [1.54, 1.807) is 17.0 Å². The minimum atomic E-state index is -0.0562. The summed E-state index contributed by atoms with van der Waals surface area (Å²) in [5.41, 5.74) is 9.06. The molecule has 7 nitrogen and oxygen atoms in total. The van der Waals surface area contributed by atoms with Crippen LogP contribution in [0.5, 0.6) is 5.75 Å².